The lowest BCUT2D eigenvalue weighted by molar-refractivity contribution is -0.397. The fraction of sp³-hybridized carbons (Fsp3) is 0.860. The molecule has 0 aromatic heterocycles. The first-order chi connectivity index (χ1) is 37.0. The topological polar surface area (TPSA) is 259 Å². The number of methoxy groups -OCH3 is 13. The van der Waals surface area contributed by atoms with Crippen molar-refractivity contribution in [1.29, 1.82) is 0 Å². The largest absolute Gasteiger partial charge is 0.459 e. The number of fused-ring (bicyclic) bond motifs is 2. The molecule has 6 aliphatic rings. The molecule has 0 amide bonds. The van der Waals surface area contributed by atoms with Gasteiger partial charge in [-0.2, -0.15) is 0 Å². The maximum atomic E-state index is 12.9. The zero-order chi connectivity index (χ0) is 54.6. The fourth-order valence-corrected chi connectivity index (χ4v) is 11.0. The van der Waals surface area contributed by atoms with Crippen LogP contribution in [0.15, 0.2) is 30.3 Å². The van der Waals surface area contributed by atoms with Gasteiger partial charge in [0.15, 0.2) is 31.5 Å². The molecule has 0 spiro atoms. The standard InChI is InChI=1S/C50H80O26/c1-53-19-26-31(73-47-40(61-9)35(56-4)30(51)25(68-47)22-66-45(52)24-17-15-14-16-18-24)37(58-6)42(63-11)48(70-26)74-32-27(20-54-2)71-49(43(64-12)38(32)59-7)75-33-28(21-55-3)72-50(44(65-13)39(33)60-8)76-34-29-23-67-46(69-29)41(62-10)36(34)57-5/h14-18,25-44,46-51H,19-23H2,1-13H3/t25?,26?,27?,28?,29-,30+,31+,32+,33+,34+,35?,36?,37?,38-,39-,40?,41?,42?,43?,44?,46+,47+,48-,49-,50-/m0/s1. The van der Waals surface area contributed by atoms with Crippen LogP contribution in [0, 0.1) is 0 Å². The Morgan fingerprint density at radius 1 is 0.421 bits per heavy atom. The Morgan fingerprint density at radius 2 is 0.776 bits per heavy atom. The minimum absolute atomic E-state index is 0.0107. The van der Waals surface area contributed by atoms with Crippen molar-refractivity contribution in [3.05, 3.63) is 35.9 Å². The highest BCUT2D eigenvalue weighted by Crippen LogP contribution is 2.40. The first-order valence-corrected chi connectivity index (χ1v) is 25.1. The van der Waals surface area contributed by atoms with Gasteiger partial charge in [0.2, 0.25) is 0 Å². The Bertz CT molecular complexity index is 1840. The SMILES string of the molecule is COCC1O[C@@H](O[C@@H]2C(COC)O[C@@H](O[C@@H]3C(COC)O[C@@H](O[C@H]4C(OC)C(OC)[C@@H]5OC[C@@H]4O5)C(OC)[C@H]3OC)C(OC)[C@H]2OC)C(OC)C(OC)[C@@H]1O[C@H]1OC(COC(=O)c2ccccc2)[C@@H](O)C(OC)C1OC. The summed E-state index contributed by atoms with van der Waals surface area (Å²) in [7, 11) is 19.5. The van der Waals surface area contributed by atoms with E-state index in [4.69, 9.17) is 114 Å². The van der Waals surface area contributed by atoms with Gasteiger partial charge in [-0.1, -0.05) is 18.2 Å². The van der Waals surface area contributed by atoms with E-state index >= 15 is 0 Å². The van der Waals surface area contributed by atoms with E-state index in [9.17, 15) is 9.90 Å². The zero-order valence-electron chi connectivity index (χ0n) is 45.5. The van der Waals surface area contributed by atoms with Crippen molar-refractivity contribution in [2.45, 2.75) is 154 Å². The summed E-state index contributed by atoms with van der Waals surface area (Å²) in [6.07, 6.45) is -22.9. The molecule has 7 rings (SSSR count). The van der Waals surface area contributed by atoms with Crippen LogP contribution in [0.5, 0.6) is 0 Å². The van der Waals surface area contributed by atoms with Gasteiger partial charge < -0.3 is 119 Å². The molecule has 25 atom stereocenters. The molecule has 0 aliphatic carbocycles. The van der Waals surface area contributed by atoms with Crippen molar-refractivity contribution in [2.24, 2.45) is 0 Å². The average Bonchev–Trinajstić information content (AvgIpc) is 3.87. The number of carbonyl (C=O) groups excluding carboxylic acids is 1. The Labute approximate surface area is 443 Å². The molecule has 1 aromatic rings. The molecule has 12 unspecified atom stereocenters. The lowest BCUT2D eigenvalue weighted by atomic mass is 9.95. The van der Waals surface area contributed by atoms with Gasteiger partial charge in [-0.25, -0.2) is 4.79 Å². The lowest BCUT2D eigenvalue weighted by Crippen LogP contribution is -2.69. The number of benzene rings is 1. The van der Waals surface area contributed by atoms with Crippen molar-refractivity contribution in [2.75, 3.05) is 125 Å². The van der Waals surface area contributed by atoms with Gasteiger partial charge in [0.05, 0.1) is 32.0 Å². The van der Waals surface area contributed by atoms with E-state index < -0.39 is 159 Å². The van der Waals surface area contributed by atoms with Gasteiger partial charge in [-0.3, -0.25) is 0 Å². The predicted octanol–water partition coefficient (Wildman–Crippen LogP) is -0.511. The first kappa shape index (κ1) is 61.4. The van der Waals surface area contributed by atoms with Crippen molar-refractivity contribution < 1.29 is 124 Å². The molecule has 436 valence electrons. The highest BCUT2D eigenvalue weighted by molar-refractivity contribution is 5.89. The number of aliphatic hydroxyl groups excluding tert-OH is 1. The third-order valence-electron chi connectivity index (χ3n) is 14.7. The van der Waals surface area contributed by atoms with E-state index in [1.807, 2.05) is 0 Å². The summed E-state index contributed by atoms with van der Waals surface area (Å²) in [5.41, 5.74) is 0.325. The van der Waals surface area contributed by atoms with E-state index in [0.717, 1.165) is 0 Å². The van der Waals surface area contributed by atoms with Gasteiger partial charge in [-0.15, -0.1) is 0 Å². The van der Waals surface area contributed by atoms with Crippen LogP contribution >= 0.6 is 0 Å². The number of rotatable bonds is 27. The molecule has 2 bridgehead atoms. The normalized spacial score (nSPS) is 42.7. The predicted molar refractivity (Wildman–Crippen MR) is 255 cm³/mol. The molecule has 1 aromatic carbocycles. The van der Waals surface area contributed by atoms with Gasteiger partial charge in [0, 0.05) is 92.4 Å². The number of carbonyl (C=O) groups is 1. The highest BCUT2D eigenvalue weighted by Gasteiger charge is 2.59. The monoisotopic (exact) mass is 1100 g/mol. The van der Waals surface area contributed by atoms with E-state index in [2.05, 4.69) is 0 Å². The van der Waals surface area contributed by atoms with Crippen molar-refractivity contribution in [3.8, 4) is 0 Å². The molecule has 76 heavy (non-hydrogen) atoms. The number of hydrogen-bond donors (Lipinski definition) is 1. The summed E-state index contributed by atoms with van der Waals surface area (Å²) in [4.78, 5) is 12.9. The number of esters is 1. The molecule has 6 fully saturated rings. The molecule has 26 nitrogen and oxygen atoms in total. The van der Waals surface area contributed by atoms with Gasteiger partial charge in [0.25, 0.3) is 0 Å². The summed E-state index contributed by atoms with van der Waals surface area (Å²) >= 11 is 0. The van der Waals surface area contributed by atoms with E-state index in [-0.39, 0.29) is 33.0 Å². The molecule has 6 saturated heterocycles. The minimum atomic E-state index is -1.28. The molecule has 6 heterocycles. The maximum Gasteiger partial charge on any atom is 0.338 e. The van der Waals surface area contributed by atoms with Crippen LogP contribution in [0.1, 0.15) is 10.4 Å². The summed E-state index contributed by atoms with van der Waals surface area (Å²) < 4.78 is 148. The summed E-state index contributed by atoms with van der Waals surface area (Å²) in [6, 6.07) is 8.44. The van der Waals surface area contributed by atoms with Crippen molar-refractivity contribution in [3.63, 3.8) is 0 Å². The molecule has 26 heteroatoms. The Morgan fingerprint density at radius 3 is 1.16 bits per heavy atom. The average molecular weight is 1100 g/mol. The molecule has 1 N–H and O–H groups in total. The van der Waals surface area contributed by atoms with E-state index in [1.165, 1.54) is 78.2 Å². The second-order valence-corrected chi connectivity index (χ2v) is 18.8. The van der Waals surface area contributed by atoms with E-state index in [1.54, 1.807) is 44.6 Å². The van der Waals surface area contributed by atoms with Crippen LogP contribution in [-0.4, -0.2) is 290 Å². The number of hydrogen-bond acceptors (Lipinski definition) is 26. The van der Waals surface area contributed by atoms with Gasteiger partial charge in [0.1, 0.15) is 129 Å². The molecule has 0 radical (unpaired) electrons. The van der Waals surface area contributed by atoms with Crippen LogP contribution in [0.3, 0.4) is 0 Å². The Balaban J connectivity index is 1.09. The highest BCUT2D eigenvalue weighted by atomic mass is 16.8. The molecular formula is C50H80O26. The van der Waals surface area contributed by atoms with Crippen LogP contribution in [-0.2, 0) is 114 Å². The van der Waals surface area contributed by atoms with E-state index in [0.29, 0.717) is 5.56 Å². The third kappa shape index (κ3) is 13.2. The quantitative estimate of drug-likeness (QED) is 0.109. The van der Waals surface area contributed by atoms with Gasteiger partial charge in [-0.05, 0) is 12.1 Å². The fourth-order valence-electron chi connectivity index (χ4n) is 11.0. The molecule has 6 aliphatic heterocycles. The Hall–Kier alpha value is -2.27. The van der Waals surface area contributed by atoms with Crippen molar-refractivity contribution >= 4 is 5.97 Å². The second kappa shape index (κ2) is 29.4. The van der Waals surface area contributed by atoms with Crippen LogP contribution in [0.25, 0.3) is 0 Å². The first-order valence-electron chi connectivity index (χ1n) is 25.1. The Kier molecular flexibility index (Phi) is 23.8. The van der Waals surface area contributed by atoms with Gasteiger partial charge >= 0.3 is 5.97 Å². The van der Waals surface area contributed by atoms with Crippen molar-refractivity contribution in [1.82, 2.24) is 0 Å². The smallest absolute Gasteiger partial charge is 0.338 e. The third-order valence-corrected chi connectivity index (χ3v) is 14.7. The van der Waals surface area contributed by atoms with Crippen LogP contribution in [0.2, 0.25) is 0 Å². The molecular weight excluding hydrogens is 1020 g/mol. The minimum Gasteiger partial charge on any atom is -0.459 e. The summed E-state index contributed by atoms with van der Waals surface area (Å²) in [5, 5.41) is 11.4. The maximum absolute atomic E-state index is 12.9. The van der Waals surface area contributed by atoms with Crippen LogP contribution < -0.4 is 0 Å². The second-order valence-electron chi connectivity index (χ2n) is 18.8. The summed E-state index contributed by atoms with van der Waals surface area (Å²) in [6.45, 7) is -0.0782. The zero-order valence-corrected chi connectivity index (χ0v) is 45.5. The summed E-state index contributed by atoms with van der Waals surface area (Å²) in [5.74, 6) is -0.608. The van der Waals surface area contributed by atoms with Crippen LogP contribution in [0.4, 0.5) is 0 Å². The number of aliphatic hydroxyl groups is 1. The lowest BCUT2D eigenvalue weighted by Gasteiger charge is -2.52. The number of ether oxygens (including phenoxy) is 24. The molecule has 0 saturated carbocycles.